The number of hydrogen-bond donors (Lipinski definition) is 2. The number of benzene rings is 2. The molecular weight excluding hydrogens is 362 g/mol. The van der Waals surface area contributed by atoms with E-state index in [0.29, 0.717) is 28.4 Å². The molecule has 0 unspecified atom stereocenters. The van der Waals surface area contributed by atoms with Crippen LogP contribution in [-0.2, 0) is 6.54 Å². The summed E-state index contributed by atoms with van der Waals surface area (Å²) < 4.78 is 0. The van der Waals surface area contributed by atoms with Gasteiger partial charge in [-0.25, -0.2) is 0 Å². The lowest BCUT2D eigenvalue weighted by Crippen LogP contribution is -2.23. The highest BCUT2D eigenvalue weighted by Crippen LogP contribution is 2.23. The van der Waals surface area contributed by atoms with Crippen molar-refractivity contribution in [1.82, 2.24) is 10.3 Å². The van der Waals surface area contributed by atoms with Gasteiger partial charge in [0, 0.05) is 40.8 Å². The van der Waals surface area contributed by atoms with Crippen molar-refractivity contribution < 1.29 is 9.59 Å². The summed E-state index contributed by atoms with van der Waals surface area (Å²) in [5.74, 6) is -0.560. The first-order chi connectivity index (χ1) is 13.0. The molecule has 1 aromatic heterocycles. The second kappa shape index (κ2) is 8.47. The normalized spacial score (nSPS) is 10.3. The summed E-state index contributed by atoms with van der Waals surface area (Å²) in [6.45, 7) is 2.20. The molecule has 2 amide bonds. The standard InChI is InChI=1S/C21H18ClN3O2/c1-14-18(22)8-3-9-19(14)25-21(27)17-7-2-6-16(11-17)20(26)24-13-15-5-4-10-23-12-15/h2-12H,13H2,1H3,(H,24,26)(H,25,27). The molecule has 0 spiro atoms. The lowest BCUT2D eigenvalue weighted by Gasteiger charge is -2.10. The molecule has 0 aliphatic carbocycles. The molecule has 27 heavy (non-hydrogen) atoms. The lowest BCUT2D eigenvalue weighted by atomic mass is 10.1. The summed E-state index contributed by atoms with van der Waals surface area (Å²) in [6.07, 6.45) is 3.37. The molecule has 2 aromatic carbocycles. The Hall–Kier alpha value is -3.18. The molecule has 2 N–H and O–H groups in total. The van der Waals surface area contributed by atoms with Crippen molar-refractivity contribution in [2.75, 3.05) is 5.32 Å². The Morgan fingerprint density at radius 3 is 2.48 bits per heavy atom. The zero-order valence-corrected chi connectivity index (χ0v) is 15.5. The van der Waals surface area contributed by atoms with Crippen LogP contribution in [-0.4, -0.2) is 16.8 Å². The van der Waals surface area contributed by atoms with Gasteiger partial charge in [-0.1, -0.05) is 29.8 Å². The largest absolute Gasteiger partial charge is 0.348 e. The van der Waals surface area contributed by atoms with E-state index < -0.39 is 0 Å². The highest BCUT2D eigenvalue weighted by molar-refractivity contribution is 6.31. The first-order valence-corrected chi connectivity index (χ1v) is 8.76. The quantitative estimate of drug-likeness (QED) is 0.697. The van der Waals surface area contributed by atoms with Crippen molar-refractivity contribution >= 4 is 29.1 Å². The van der Waals surface area contributed by atoms with Gasteiger partial charge in [0.05, 0.1) is 0 Å². The number of carbonyl (C=O) groups is 2. The second-order valence-corrected chi connectivity index (χ2v) is 6.40. The molecule has 5 nitrogen and oxygen atoms in total. The molecule has 0 radical (unpaired) electrons. The molecule has 1 heterocycles. The monoisotopic (exact) mass is 379 g/mol. The molecule has 3 aromatic rings. The highest BCUT2D eigenvalue weighted by Gasteiger charge is 2.12. The first kappa shape index (κ1) is 18.6. The van der Waals surface area contributed by atoms with Gasteiger partial charge in [0.2, 0.25) is 0 Å². The third-order valence-electron chi connectivity index (χ3n) is 4.08. The number of hydrogen-bond acceptors (Lipinski definition) is 3. The predicted octanol–water partition coefficient (Wildman–Crippen LogP) is 4.23. The summed E-state index contributed by atoms with van der Waals surface area (Å²) in [5.41, 5.74) is 3.13. The Bertz CT molecular complexity index is 974. The topological polar surface area (TPSA) is 71.1 Å². The van der Waals surface area contributed by atoms with Crippen LogP contribution in [0.25, 0.3) is 0 Å². The smallest absolute Gasteiger partial charge is 0.255 e. The van der Waals surface area contributed by atoms with Crippen molar-refractivity contribution in [2.24, 2.45) is 0 Å². The molecule has 136 valence electrons. The van der Waals surface area contributed by atoms with Gasteiger partial charge in [-0.3, -0.25) is 14.6 Å². The van der Waals surface area contributed by atoms with E-state index in [2.05, 4.69) is 15.6 Å². The fraction of sp³-hybridized carbons (Fsp3) is 0.0952. The number of halogens is 1. The van der Waals surface area contributed by atoms with E-state index in [1.807, 2.05) is 19.1 Å². The maximum atomic E-state index is 12.5. The average molecular weight is 380 g/mol. The Kier molecular flexibility index (Phi) is 5.84. The van der Waals surface area contributed by atoms with Gasteiger partial charge >= 0.3 is 0 Å². The van der Waals surface area contributed by atoms with E-state index in [0.717, 1.165) is 11.1 Å². The molecule has 0 atom stereocenters. The van der Waals surface area contributed by atoms with Gasteiger partial charge in [0.25, 0.3) is 11.8 Å². The van der Waals surface area contributed by atoms with Crippen LogP contribution in [0.2, 0.25) is 5.02 Å². The predicted molar refractivity (Wildman–Crippen MR) is 106 cm³/mol. The van der Waals surface area contributed by atoms with Gasteiger partial charge < -0.3 is 10.6 Å². The first-order valence-electron chi connectivity index (χ1n) is 8.38. The minimum Gasteiger partial charge on any atom is -0.348 e. The molecule has 6 heteroatoms. The summed E-state index contributed by atoms with van der Waals surface area (Å²) >= 11 is 6.09. The van der Waals surface area contributed by atoms with E-state index in [-0.39, 0.29) is 11.8 Å². The Labute approximate surface area is 162 Å². The lowest BCUT2D eigenvalue weighted by molar-refractivity contribution is 0.0951. The number of aromatic nitrogens is 1. The van der Waals surface area contributed by atoms with E-state index in [1.165, 1.54) is 0 Å². The van der Waals surface area contributed by atoms with Crippen LogP contribution in [0.1, 0.15) is 31.8 Å². The van der Waals surface area contributed by atoms with E-state index in [4.69, 9.17) is 11.6 Å². The number of pyridine rings is 1. The second-order valence-electron chi connectivity index (χ2n) is 5.99. The zero-order chi connectivity index (χ0) is 19.2. The number of anilines is 1. The van der Waals surface area contributed by atoms with Gasteiger partial charge in [0.15, 0.2) is 0 Å². The van der Waals surface area contributed by atoms with Crippen LogP contribution in [0.15, 0.2) is 67.0 Å². The molecule has 0 saturated heterocycles. The van der Waals surface area contributed by atoms with Gasteiger partial charge in [0.1, 0.15) is 0 Å². The minimum atomic E-state index is -0.303. The van der Waals surface area contributed by atoms with Crippen molar-refractivity contribution in [3.63, 3.8) is 0 Å². The van der Waals surface area contributed by atoms with E-state index >= 15 is 0 Å². The van der Waals surface area contributed by atoms with Crippen molar-refractivity contribution in [1.29, 1.82) is 0 Å². The maximum absolute atomic E-state index is 12.5. The van der Waals surface area contributed by atoms with Gasteiger partial charge in [-0.05, 0) is 54.4 Å². The Morgan fingerprint density at radius 1 is 1.00 bits per heavy atom. The van der Waals surface area contributed by atoms with Crippen molar-refractivity contribution in [3.05, 3.63) is 94.3 Å². The Morgan fingerprint density at radius 2 is 1.74 bits per heavy atom. The number of nitrogens with zero attached hydrogens (tertiary/aromatic N) is 1. The molecular formula is C21H18ClN3O2. The highest BCUT2D eigenvalue weighted by atomic mass is 35.5. The van der Waals surface area contributed by atoms with E-state index in [1.54, 1.807) is 54.9 Å². The molecule has 0 fully saturated rings. The molecule has 0 aliphatic rings. The molecule has 0 aliphatic heterocycles. The van der Waals surface area contributed by atoms with Crippen LogP contribution < -0.4 is 10.6 Å². The van der Waals surface area contributed by atoms with Crippen LogP contribution in [0.5, 0.6) is 0 Å². The summed E-state index contributed by atoms with van der Waals surface area (Å²) in [7, 11) is 0. The third kappa shape index (κ3) is 4.71. The fourth-order valence-electron chi connectivity index (χ4n) is 2.53. The van der Waals surface area contributed by atoms with Crippen LogP contribution in [0.4, 0.5) is 5.69 Å². The fourth-order valence-corrected chi connectivity index (χ4v) is 2.70. The van der Waals surface area contributed by atoms with Crippen molar-refractivity contribution in [3.8, 4) is 0 Å². The molecule has 0 saturated carbocycles. The zero-order valence-electron chi connectivity index (χ0n) is 14.7. The van der Waals surface area contributed by atoms with Crippen LogP contribution >= 0.6 is 11.6 Å². The summed E-state index contributed by atoms with van der Waals surface area (Å²) in [6, 6.07) is 15.6. The molecule has 3 rings (SSSR count). The number of rotatable bonds is 5. The molecule has 0 bridgehead atoms. The average Bonchev–Trinajstić information content (AvgIpc) is 2.70. The van der Waals surface area contributed by atoms with Gasteiger partial charge in [-0.2, -0.15) is 0 Å². The third-order valence-corrected chi connectivity index (χ3v) is 4.49. The Balaban J connectivity index is 1.70. The SMILES string of the molecule is Cc1c(Cl)cccc1NC(=O)c1cccc(C(=O)NCc2cccnc2)c1. The van der Waals surface area contributed by atoms with Crippen LogP contribution in [0.3, 0.4) is 0 Å². The van der Waals surface area contributed by atoms with E-state index in [9.17, 15) is 9.59 Å². The van der Waals surface area contributed by atoms with Crippen LogP contribution in [0, 0.1) is 6.92 Å². The van der Waals surface area contributed by atoms with Gasteiger partial charge in [-0.15, -0.1) is 0 Å². The summed E-state index contributed by atoms with van der Waals surface area (Å²) in [5, 5.41) is 6.23. The number of nitrogens with one attached hydrogen (secondary N) is 2. The minimum absolute atomic E-state index is 0.257. The van der Waals surface area contributed by atoms with Crippen molar-refractivity contribution in [2.45, 2.75) is 13.5 Å². The summed E-state index contributed by atoms with van der Waals surface area (Å²) in [4.78, 5) is 28.9. The number of carbonyl (C=O) groups excluding carboxylic acids is 2. The maximum Gasteiger partial charge on any atom is 0.255 e. The number of amides is 2.